The fourth-order valence-electron chi connectivity index (χ4n) is 2.70. The molecule has 18 heavy (non-hydrogen) atoms. The zero-order valence-electron chi connectivity index (χ0n) is 13.8. The predicted octanol–water partition coefficient (Wildman–Crippen LogP) is 5.40. The van der Waals surface area contributed by atoms with Crippen molar-refractivity contribution in [3.8, 4) is 0 Å². The summed E-state index contributed by atoms with van der Waals surface area (Å²) in [7, 11) is 0. The molecule has 0 saturated heterocycles. The molecule has 2 atom stereocenters. The molecule has 0 fully saturated rings. The highest BCUT2D eigenvalue weighted by atomic mass is 14.9. The molecule has 0 saturated carbocycles. The van der Waals surface area contributed by atoms with E-state index in [9.17, 15) is 0 Å². The molecule has 0 heterocycles. The Morgan fingerprint density at radius 2 is 1.61 bits per heavy atom. The molecule has 0 aromatic carbocycles. The van der Waals surface area contributed by atoms with E-state index >= 15 is 0 Å². The molecule has 1 heteroatoms. The summed E-state index contributed by atoms with van der Waals surface area (Å²) in [5.41, 5.74) is 0.477. The van der Waals surface area contributed by atoms with Gasteiger partial charge in [0.25, 0.3) is 0 Å². The molecule has 1 nitrogen and oxygen atoms in total. The lowest BCUT2D eigenvalue weighted by atomic mass is 9.84. The molecule has 0 amide bonds. The minimum absolute atomic E-state index is 0.477. The second-order valence-electron chi connectivity index (χ2n) is 7.36. The average Bonchev–Trinajstić information content (AvgIpc) is 2.22. The van der Waals surface area contributed by atoms with Gasteiger partial charge in [0.15, 0.2) is 0 Å². The first-order valence-corrected chi connectivity index (χ1v) is 8.08. The van der Waals surface area contributed by atoms with E-state index in [1.165, 1.54) is 51.5 Å². The molecule has 0 bridgehead atoms. The molecule has 1 N–H and O–H groups in total. The fraction of sp³-hybridized carbons (Fsp3) is 1.00. The molecular formula is C17H37N. The third-order valence-electron chi connectivity index (χ3n) is 3.58. The fourth-order valence-corrected chi connectivity index (χ4v) is 2.70. The second-order valence-corrected chi connectivity index (χ2v) is 7.36. The third-order valence-corrected chi connectivity index (χ3v) is 3.58. The maximum absolute atomic E-state index is 3.68. The molecule has 0 spiro atoms. The van der Waals surface area contributed by atoms with Crippen LogP contribution < -0.4 is 5.32 Å². The Morgan fingerprint density at radius 1 is 0.944 bits per heavy atom. The minimum atomic E-state index is 0.477. The number of nitrogens with one attached hydrogen (secondary N) is 1. The van der Waals surface area contributed by atoms with Crippen LogP contribution in [0.3, 0.4) is 0 Å². The summed E-state index contributed by atoms with van der Waals surface area (Å²) in [5, 5.41) is 3.68. The van der Waals surface area contributed by atoms with Gasteiger partial charge in [0.1, 0.15) is 0 Å². The smallest absolute Gasteiger partial charge is 0.00387 e. The van der Waals surface area contributed by atoms with Gasteiger partial charge >= 0.3 is 0 Å². The quantitative estimate of drug-likeness (QED) is 0.516. The Balaban J connectivity index is 3.47. The van der Waals surface area contributed by atoms with Crippen molar-refractivity contribution in [1.29, 1.82) is 0 Å². The molecule has 0 aromatic heterocycles. The van der Waals surface area contributed by atoms with Crippen molar-refractivity contribution in [2.45, 2.75) is 92.5 Å². The first-order valence-electron chi connectivity index (χ1n) is 8.08. The van der Waals surface area contributed by atoms with Gasteiger partial charge in [0, 0.05) is 6.04 Å². The van der Waals surface area contributed by atoms with Gasteiger partial charge in [0.2, 0.25) is 0 Å². The highest BCUT2D eigenvalue weighted by Gasteiger charge is 2.14. The van der Waals surface area contributed by atoms with Crippen LogP contribution >= 0.6 is 0 Å². The highest BCUT2D eigenvalue weighted by Crippen LogP contribution is 2.25. The summed E-state index contributed by atoms with van der Waals surface area (Å²) in [6, 6.07) is 0.698. The lowest BCUT2D eigenvalue weighted by molar-refractivity contribution is 0.291. The van der Waals surface area contributed by atoms with Gasteiger partial charge < -0.3 is 5.32 Å². The van der Waals surface area contributed by atoms with Crippen LogP contribution in [0.25, 0.3) is 0 Å². The van der Waals surface area contributed by atoms with Gasteiger partial charge in [0.05, 0.1) is 0 Å². The Labute approximate surface area is 116 Å². The van der Waals surface area contributed by atoms with Gasteiger partial charge in [-0.1, -0.05) is 60.3 Å². The Kier molecular flexibility index (Phi) is 9.81. The monoisotopic (exact) mass is 255 g/mol. The first kappa shape index (κ1) is 18.0. The van der Waals surface area contributed by atoms with Crippen molar-refractivity contribution in [3.63, 3.8) is 0 Å². The zero-order valence-corrected chi connectivity index (χ0v) is 13.8. The summed E-state index contributed by atoms with van der Waals surface area (Å²) >= 11 is 0. The van der Waals surface area contributed by atoms with Crippen LogP contribution in [0, 0.1) is 11.3 Å². The van der Waals surface area contributed by atoms with Crippen molar-refractivity contribution in [3.05, 3.63) is 0 Å². The molecule has 2 unspecified atom stereocenters. The van der Waals surface area contributed by atoms with Crippen LogP contribution in [0.15, 0.2) is 0 Å². The second kappa shape index (κ2) is 9.83. The Bertz CT molecular complexity index is 181. The maximum Gasteiger partial charge on any atom is 0.00387 e. The van der Waals surface area contributed by atoms with Crippen LogP contribution in [0.4, 0.5) is 0 Å². The van der Waals surface area contributed by atoms with Crippen molar-refractivity contribution >= 4 is 0 Å². The number of rotatable bonds is 10. The third kappa shape index (κ3) is 12.4. The zero-order chi connectivity index (χ0) is 14.0. The average molecular weight is 255 g/mol. The lowest BCUT2D eigenvalue weighted by Gasteiger charge is -2.24. The molecule has 0 aliphatic heterocycles. The van der Waals surface area contributed by atoms with Crippen LogP contribution in [0.1, 0.15) is 86.5 Å². The Morgan fingerprint density at radius 3 is 2.17 bits per heavy atom. The minimum Gasteiger partial charge on any atom is -0.314 e. The molecule has 0 rings (SSSR count). The molecule has 110 valence electrons. The molecule has 0 aliphatic rings. The summed E-state index contributed by atoms with van der Waals surface area (Å²) in [5.74, 6) is 0.838. The van der Waals surface area contributed by atoms with Crippen molar-refractivity contribution in [1.82, 2.24) is 5.32 Å². The largest absolute Gasteiger partial charge is 0.314 e. The first-order chi connectivity index (χ1) is 8.35. The lowest BCUT2D eigenvalue weighted by Crippen LogP contribution is -2.28. The highest BCUT2D eigenvalue weighted by molar-refractivity contribution is 4.68. The van der Waals surface area contributed by atoms with Crippen LogP contribution in [0.5, 0.6) is 0 Å². The van der Waals surface area contributed by atoms with Crippen LogP contribution in [-0.4, -0.2) is 12.6 Å². The molecular weight excluding hydrogens is 218 g/mol. The summed E-state index contributed by atoms with van der Waals surface area (Å²) in [6.07, 6.45) is 9.52. The Hall–Kier alpha value is -0.0400. The number of hydrogen-bond acceptors (Lipinski definition) is 1. The van der Waals surface area contributed by atoms with Gasteiger partial charge in [-0.3, -0.25) is 0 Å². The number of unbranched alkanes of at least 4 members (excludes halogenated alkanes) is 3. The van der Waals surface area contributed by atoms with E-state index < -0.39 is 0 Å². The van der Waals surface area contributed by atoms with E-state index in [0.717, 1.165) is 5.92 Å². The van der Waals surface area contributed by atoms with E-state index in [-0.39, 0.29) is 0 Å². The molecule has 0 aromatic rings. The van der Waals surface area contributed by atoms with Crippen molar-refractivity contribution in [2.75, 3.05) is 6.54 Å². The van der Waals surface area contributed by atoms with E-state index in [1.54, 1.807) is 0 Å². The number of hydrogen-bond donors (Lipinski definition) is 1. The van der Waals surface area contributed by atoms with Crippen LogP contribution in [-0.2, 0) is 0 Å². The van der Waals surface area contributed by atoms with Gasteiger partial charge in [-0.25, -0.2) is 0 Å². The van der Waals surface area contributed by atoms with Crippen molar-refractivity contribution in [2.24, 2.45) is 11.3 Å². The van der Waals surface area contributed by atoms with E-state index in [2.05, 4.69) is 46.9 Å². The van der Waals surface area contributed by atoms with Crippen LogP contribution in [0.2, 0.25) is 0 Å². The maximum atomic E-state index is 3.68. The van der Waals surface area contributed by atoms with Gasteiger partial charge in [-0.05, 0) is 44.1 Å². The van der Waals surface area contributed by atoms with Gasteiger partial charge in [-0.2, -0.15) is 0 Å². The van der Waals surface area contributed by atoms with E-state index in [4.69, 9.17) is 0 Å². The molecule has 0 aliphatic carbocycles. The van der Waals surface area contributed by atoms with E-state index in [0.29, 0.717) is 11.5 Å². The summed E-state index contributed by atoms with van der Waals surface area (Å²) in [6.45, 7) is 15.2. The topological polar surface area (TPSA) is 12.0 Å². The summed E-state index contributed by atoms with van der Waals surface area (Å²) < 4.78 is 0. The summed E-state index contributed by atoms with van der Waals surface area (Å²) in [4.78, 5) is 0. The van der Waals surface area contributed by atoms with E-state index in [1.807, 2.05) is 0 Å². The predicted molar refractivity (Wildman–Crippen MR) is 84.1 cm³/mol. The normalized spacial score (nSPS) is 15.7. The standard InChI is InChI=1S/C17H37N/c1-7-8-9-10-11-16(3)18-13-12-15(2)14-17(4,5)6/h15-16,18H,7-14H2,1-6H3. The van der Waals surface area contributed by atoms with Gasteiger partial charge in [-0.15, -0.1) is 0 Å². The molecule has 0 radical (unpaired) electrons. The van der Waals surface area contributed by atoms with Crippen molar-refractivity contribution < 1.29 is 0 Å². The SMILES string of the molecule is CCCCCCC(C)NCCC(C)CC(C)(C)C.